The van der Waals surface area contributed by atoms with E-state index in [0.29, 0.717) is 12.8 Å². The van der Waals surface area contributed by atoms with E-state index >= 15 is 0 Å². The van der Waals surface area contributed by atoms with Gasteiger partial charge < -0.3 is 20.0 Å². The van der Waals surface area contributed by atoms with Crippen molar-refractivity contribution in [1.82, 2.24) is 9.80 Å². The summed E-state index contributed by atoms with van der Waals surface area (Å²) in [4.78, 5) is 47.9. The molecule has 1 atom stereocenters. The van der Waals surface area contributed by atoms with E-state index in [1.807, 2.05) is 0 Å². The third kappa shape index (κ3) is 4.30. The number of hydrogen-bond donors (Lipinski definition) is 2. The Morgan fingerprint density at radius 1 is 1.24 bits per heavy atom. The van der Waals surface area contributed by atoms with Crippen LogP contribution in [0.5, 0.6) is 0 Å². The first-order valence-corrected chi connectivity index (χ1v) is 6.53. The molecule has 1 saturated heterocycles. The molecular formula is C13H18N2O6. The lowest BCUT2D eigenvalue weighted by Gasteiger charge is -2.33. The molecule has 0 aromatic carbocycles. The van der Waals surface area contributed by atoms with Gasteiger partial charge in [0.1, 0.15) is 12.6 Å². The summed E-state index contributed by atoms with van der Waals surface area (Å²) in [7, 11) is 0. The van der Waals surface area contributed by atoms with E-state index in [9.17, 15) is 19.2 Å². The maximum atomic E-state index is 12.2. The Balaban J connectivity index is 2.87. The summed E-state index contributed by atoms with van der Waals surface area (Å²) in [5.41, 5.74) is 0. The molecule has 0 radical (unpaired) electrons. The van der Waals surface area contributed by atoms with E-state index in [2.05, 4.69) is 6.58 Å². The van der Waals surface area contributed by atoms with Crippen molar-refractivity contribution in [3.05, 3.63) is 12.7 Å². The molecule has 1 aliphatic rings. The second kappa shape index (κ2) is 7.41. The van der Waals surface area contributed by atoms with E-state index in [-0.39, 0.29) is 19.5 Å². The van der Waals surface area contributed by atoms with E-state index in [0.717, 1.165) is 9.80 Å². The number of hydrogen-bond acceptors (Lipinski definition) is 4. The molecule has 0 bridgehead atoms. The van der Waals surface area contributed by atoms with Gasteiger partial charge in [0, 0.05) is 13.1 Å². The molecule has 116 valence electrons. The van der Waals surface area contributed by atoms with Crippen LogP contribution in [0.25, 0.3) is 0 Å². The number of amides is 2. The molecule has 21 heavy (non-hydrogen) atoms. The van der Waals surface area contributed by atoms with Gasteiger partial charge in [-0.05, 0) is 19.3 Å². The zero-order valence-corrected chi connectivity index (χ0v) is 11.5. The van der Waals surface area contributed by atoms with Crippen LogP contribution >= 0.6 is 0 Å². The Kier molecular flexibility index (Phi) is 5.89. The SMILES string of the molecule is C=CCN(CC(=O)O)C(=O)C(=O)N1CCCC[C@@H]1C(=O)O. The lowest BCUT2D eigenvalue weighted by molar-refractivity contribution is -0.160. The van der Waals surface area contributed by atoms with Gasteiger partial charge in [-0.1, -0.05) is 6.08 Å². The molecule has 0 spiro atoms. The standard InChI is InChI=1S/C13H18N2O6/c1-2-6-14(8-10(16)17)11(18)12(19)15-7-4-3-5-9(15)13(20)21/h2,9H,1,3-8H2,(H,16,17)(H,20,21)/t9-/m1/s1. The third-order valence-electron chi connectivity index (χ3n) is 3.19. The van der Waals surface area contributed by atoms with Crippen molar-refractivity contribution in [2.45, 2.75) is 25.3 Å². The first-order chi connectivity index (χ1) is 9.88. The fraction of sp³-hybridized carbons (Fsp3) is 0.538. The highest BCUT2D eigenvalue weighted by Crippen LogP contribution is 2.18. The molecule has 2 amide bonds. The summed E-state index contributed by atoms with van der Waals surface area (Å²) in [5.74, 6) is -4.42. The first-order valence-electron chi connectivity index (χ1n) is 6.53. The highest BCUT2D eigenvalue weighted by atomic mass is 16.4. The van der Waals surface area contributed by atoms with Gasteiger partial charge in [-0.15, -0.1) is 6.58 Å². The Morgan fingerprint density at radius 3 is 2.43 bits per heavy atom. The molecule has 1 aliphatic heterocycles. The lowest BCUT2D eigenvalue weighted by atomic mass is 10.0. The number of carbonyl (C=O) groups excluding carboxylic acids is 2. The molecule has 1 heterocycles. The topological polar surface area (TPSA) is 115 Å². The van der Waals surface area contributed by atoms with Crippen molar-refractivity contribution in [3.8, 4) is 0 Å². The molecule has 1 rings (SSSR count). The van der Waals surface area contributed by atoms with Crippen LogP contribution in [0.15, 0.2) is 12.7 Å². The number of rotatable bonds is 5. The smallest absolute Gasteiger partial charge is 0.326 e. The van der Waals surface area contributed by atoms with Crippen LogP contribution in [0.1, 0.15) is 19.3 Å². The van der Waals surface area contributed by atoms with Crippen LogP contribution in [-0.4, -0.2) is 69.4 Å². The number of piperidine rings is 1. The Labute approximate surface area is 121 Å². The average Bonchev–Trinajstić information content (AvgIpc) is 2.44. The molecule has 0 unspecified atom stereocenters. The first kappa shape index (κ1) is 16.7. The van der Waals surface area contributed by atoms with Crippen molar-refractivity contribution in [2.24, 2.45) is 0 Å². The van der Waals surface area contributed by atoms with E-state index < -0.39 is 36.3 Å². The molecule has 8 heteroatoms. The van der Waals surface area contributed by atoms with Gasteiger partial charge in [0.05, 0.1) is 0 Å². The molecule has 8 nitrogen and oxygen atoms in total. The summed E-state index contributed by atoms with van der Waals surface area (Å²) in [6.07, 6.45) is 2.87. The molecular weight excluding hydrogens is 280 g/mol. The maximum absolute atomic E-state index is 12.2. The molecule has 0 saturated carbocycles. The average molecular weight is 298 g/mol. The fourth-order valence-corrected chi connectivity index (χ4v) is 2.23. The highest BCUT2D eigenvalue weighted by Gasteiger charge is 2.36. The van der Waals surface area contributed by atoms with Crippen molar-refractivity contribution in [2.75, 3.05) is 19.6 Å². The van der Waals surface area contributed by atoms with Crippen LogP contribution in [0.4, 0.5) is 0 Å². The molecule has 0 aromatic heterocycles. The van der Waals surface area contributed by atoms with Crippen molar-refractivity contribution >= 4 is 23.8 Å². The third-order valence-corrected chi connectivity index (χ3v) is 3.19. The Morgan fingerprint density at radius 2 is 1.90 bits per heavy atom. The Hall–Kier alpha value is -2.38. The zero-order valence-electron chi connectivity index (χ0n) is 11.5. The Bertz CT molecular complexity index is 462. The molecule has 1 fully saturated rings. The van der Waals surface area contributed by atoms with Crippen LogP contribution in [0.2, 0.25) is 0 Å². The highest BCUT2D eigenvalue weighted by molar-refractivity contribution is 6.35. The second-order valence-corrected chi connectivity index (χ2v) is 4.72. The molecule has 2 N–H and O–H groups in total. The summed E-state index contributed by atoms with van der Waals surface area (Å²) in [6, 6.07) is -1.04. The van der Waals surface area contributed by atoms with E-state index in [4.69, 9.17) is 10.2 Å². The zero-order chi connectivity index (χ0) is 16.0. The van der Waals surface area contributed by atoms with Gasteiger partial charge in [0.25, 0.3) is 0 Å². The van der Waals surface area contributed by atoms with Crippen molar-refractivity contribution in [1.29, 1.82) is 0 Å². The van der Waals surface area contributed by atoms with Crippen LogP contribution < -0.4 is 0 Å². The summed E-state index contributed by atoms with van der Waals surface area (Å²) in [6.45, 7) is 2.84. The number of carboxylic acids is 2. The van der Waals surface area contributed by atoms with Gasteiger partial charge in [-0.2, -0.15) is 0 Å². The van der Waals surface area contributed by atoms with Gasteiger partial charge in [0.2, 0.25) is 0 Å². The quantitative estimate of drug-likeness (QED) is 0.525. The van der Waals surface area contributed by atoms with Gasteiger partial charge in [-0.3, -0.25) is 14.4 Å². The summed E-state index contributed by atoms with van der Waals surface area (Å²) < 4.78 is 0. The fourth-order valence-electron chi connectivity index (χ4n) is 2.23. The minimum Gasteiger partial charge on any atom is -0.480 e. The number of carboxylic acid groups (broad SMARTS) is 2. The van der Waals surface area contributed by atoms with Crippen LogP contribution in [0, 0.1) is 0 Å². The summed E-state index contributed by atoms with van der Waals surface area (Å²) in [5, 5.41) is 17.8. The largest absolute Gasteiger partial charge is 0.480 e. The number of nitrogens with zero attached hydrogens (tertiary/aromatic N) is 2. The molecule has 0 aromatic rings. The number of aliphatic carboxylic acids is 2. The predicted octanol–water partition coefficient (Wildman–Crippen LogP) is -0.449. The van der Waals surface area contributed by atoms with Crippen molar-refractivity contribution < 1.29 is 29.4 Å². The number of carbonyl (C=O) groups is 4. The molecule has 0 aliphatic carbocycles. The normalized spacial score (nSPS) is 17.9. The van der Waals surface area contributed by atoms with Gasteiger partial charge in [0.15, 0.2) is 0 Å². The van der Waals surface area contributed by atoms with Crippen LogP contribution in [-0.2, 0) is 19.2 Å². The van der Waals surface area contributed by atoms with Crippen molar-refractivity contribution in [3.63, 3.8) is 0 Å². The predicted molar refractivity (Wildman–Crippen MR) is 71.4 cm³/mol. The van der Waals surface area contributed by atoms with E-state index in [1.54, 1.807) is 0 Å². The minimum atomic E-state index is -1.26. The van der Waals surface area contributed by atoms with E-state index in [1.165, 1.54) is 6.08 Å². The maximum Gasteiger partial charge on any atom is 0.326 e. The monoisotopic (exact) mass is 298 g/mol. The van der Waals surface area contributed by atoms with Gasteiger partial charge in [-0.25, -0.2) is 4.79 Å². The number of likely N-dealkylation sites (tertiary alicyclic amines) is 1. The second-order valence-electron chi connectivity index (χ2n) is 4.72. The van der Waals surface area contributed by atoms with Gasteiger partial charge >= 0.3 is 23.8 Å². The minimum absolute atomic E-state index is 0.0948. The van der Waals surface area contributed by atoms with Crippen LogP contribution in [0.3, 0.4) is 0 Å². The summed E-state index contributed by atoms with van der Waals surface area (Å²) >= 11 is 0. The lowest BCUT2D eigenvalue weighted by Crippen LogP contribution is -2.54.